The highest BCUT2D eigenvalue weighted by atomic mass is 16.5. The summed E-state index contributed by atoms with van der Waals surface area (Å²) in [7, 11) is 0. The van der Waals surface area contributed by atoms with Crippen molar-refractivity contribution in [2.24, 2.45) is 0 Å². The molecule has 1 spiro atoms. The third kappa shape index (κ3) is 1.22. The Morgan fingerprint density at radius 2 is 1.95 bits per heavy atom. The quantitative estimate of drug-likeness (QED) is 0.219. The van der Waals surface area contributed by atoms with Crippen molar-refractivity contribution in [3.8, 4) is 0 Å². The van der Waals surface area contributed by atoms with Gasteiger partial charge in [-0.2, -0.15) is 0 Å². The molecule has 3 saturated heterocycles. The van der Waals surface area contributed by atoms with E-state index >= 15 is 0 Å². The van der Waals surface area contributed by atoms with E-state index in [1.54, 1.807) is 6.92 Å². The fourth-order valence-electron chi connectivity index (χ4n) is 3.55. The molecule has 0 bridgehead atoms. The number of nitrogens with zero attached hydrogens (tertiary/aromatic N) is 1. The monoisotopic (exact) mass is 286 g/mol. The molecule has 20 heavy (non-hydrogen) atoms. The van der Waals surface area contributed by atoms with Gasteiger partial charge in [-0.25, -0.2) is 0 Å². The minimum atomic E-state index is -2.59. The molecule has 0 aliphatic carbocycles. The van der Waals surface area contributed by atoms with Gasteiger partial charge >= 0.3 is 0 Å². The van der Waals surface area contributed by atoms with Crippen LogP contribution in [-0.4, -0.2) is 79.5 Å². The first-order valence-corrected chi connectivity index (χ1v) is 6.28. The lowest BCUT2D eigenvalue weighted by Crippen LogP contribution is -2.81. The van der Waals surface area contributed by atoms with Crippen molar-refractivity contribution in [3.63, 3.8) is 0 Å². The van der Waals surface area contributed by atoms with E-state index in [9.17, 15) is 20.4 Å². The Kier molecular flexibility index (Phi) is 2.49. The van der Waals surface area contributed by atoms with E-state index in [1.165, 1.54) is 4.90 Å². The second-order valence-corrected chi connectivity index (χ2v) is 5.45. The van der Waals surface area contributed by atoms with Gasteiger partial charge in [-0.1, -0.05) is 0 Å². The largest absolute Gasteiger partial charge is 0.394 e. The van der Waals surface area contributed by atoms with Crippen LogP contribution in [0.15, 0.2) is 0 Å². The third-order valence-electron chi connectivity index (χ3n) is 4.45. The van der Waals surface area contributed by atoms with E-state index in [0.717, 1.165) is 0 Å². The van der Waals surface area contributed by atoms with Crippen LogP contribution in [0, 0.1) is 10.8 Å². The molecular weight excluding hydrogens is 268 g/mol. The van der Waals surface area contributed by atoms with Crippen molar-refractivity contribution in [2.45, 2.75) is 42.6 Å². The van der Waals surface area contributed by atoms with Crippen LogP contribution >= 0.6 is 0 Å². The van der Waals surface area contributed by atoms with Crippen LogP contribution in [0.4, 0.5) is 0 Å². The van der Waals surface area contributed by atoms with Crippen LogP contribution in [0.2, 0.25) is 0 Å². The van der Waals surface area contributed by atoms with Crippen molar-refractivity contribution in [1.82, 2.24) is 20.9 Å². The summed E-state index contributed by atoms with van der Waals surface area (Å²) in [6.07, 6.45) is -1.54. The molecule has 0 aromatic rings. The maximum atomic E-state index is 10.4. The van der Waals surface area contributed by atoms with Gasteiger partial charge in [-0.3, -0.25) is 10.8 Å². The number of aliphatic hydroxyl groups is 4. The van der Waals surface area contributed by atoms with Crippen LogP contribution in [0.5, 0.6) is 0 Å². The zero-order valence-electron chi connectivity index (χ0n) is 10.8. The molecule has 9 N–H and O–H groups in total. The Bertz CT molecular complexity index is 484. The van der Waals surface area contributed by atoms with Crippen LogP contribution in [-0.2, 0) is 0 Å². The van der Waals surface area contributed by atoms with Gasteiger partial charge in [0.25, 0.3) is 0 Å². The normalized spacial score (nSPS) is 45.4. The molecule has 3 aliphatic heterocycles. The lowest BCUT2D eigenvalue weighted by atomic mass is 9.85. The highest BCUT2D eigenvalue weighted by Gasteiger charge is 2.76. The van der Waals surface area contributed by atoms with E-state index < -0.39 is 35.7 Å². The lowest BCUT2D eigenvalue weighted by Gasteiger charge is -2.51. The smallest absolute Gasteiger partial charge is 0.237 e. The molecule has 112 valence electrons. The summed E-state index contributed by atoms with van der Waals surface area (Å²) < 4.78 is 0. The minimum Gasteiger partial charge on any atom is -0.394 e. The fourth-order valence-corrected chi connectivity index (χ4v) is 3.55. The predicted octanol–water partition coefficient (Wildman–Crippen LogP) is -4.18. The standard InChI is InChI=1S/C10H18N6O4/c1-3-6(18)10(19,20)9-5(14-7(11)15-9)4(2-17)13-8(12)16(3)9/h3-6,17-20H,2H2,1H3,(H2,12,13)(H3,11,14,15)/t3?,4-,5?,6-,9?/m0/s1. The summed E-state index contributed by atoms with van der Waals surface area (Å²) in [4.78, 5) is 1.29. The number of nitrogens with one attached hydrogen (secondary N) is 5. The summed E-state index contributed by atoms with van der Waals surface area (Å²) in [5, 5.41) is 64.1. The number of hydrogen-bond acceptors (Lipinski definition) is 6. The topological polar surface area (TPSA) is 168 Å². The zero-order valence-corrected chi connectivity index (χ0v) is 10.8. The molecule has 0 aromatic carbocycles. The Balaban J connectivity index is 2.19. The highest BCUT2D eigenvalue weighted by Crippen LogP contribution is 2.45. The van der Waals surface area contributed by atoms with Crippen molar-refractivity contribution >= 4 is 11.9 Å². The second kappa shape index (κ2) is 3.73. The summed E-state index contributed by atoms with van der Waals surface area (Å²) >= 11 is 0. The number of guanidine groups is 2. The molecule has 0 saturated carbocycles. The molecule has 0 amide bonds. The summed E-state index contributed by atoms with van der Waals surface area (Å²) in [5.41, 5.74) is -1.68. The van der Waals surface area contributed by atoms with Gasteiger partial charge in [0.2, 0.25) is 5.79 Å². The van der Waals surface area contributed by atoms with E-state index in [1.807, 2.05) is 0 Å². The zero-order chi connectivity index (χ0) is 14.9. The molecule has 0 radical (unpaired) electrons. The second-order valence-electron chi connectivity index (χ2n) is 5.45. The van der Waals surface area contributed by atoms with Crippen molar-refractivity contribution < 1.29 is 20.4 Å². The average Bonchev–Trinajstić information content (AvgIpc) is 2.80. The number of rotatable bonds is 1. The Morgan fingerprint density at radius 3 is 2.55 bits per heavy atom. The van der Waals surface area contributed by atoms with E-state index in [4.69, 9.17) is 10.8 Å². The van der Waals surface area contributed by atoms with Gasteiger partial charge in [0.15, 0.2) is 17.6 Å². The van der Waals surface area contributed by atoms with Crippen LogP contribution in [0.1, 0.15) is 6.92 Å². The van der Waals surface area contributed by atoms with Crippen molar-refractivity contribution in [3.05, 3.63) is 0 Å². The van der Waals surface area contributed by atoms with E-state index in [-0.39, 0.29) is 18.5 Å². The number of aliphatic hydroxyl groups excluding tert-OH is 2. The summed E-state index contributed by atoms with van der Waals surface area (Å²) in [5.74, 6) is -2.90. The Hall–Kier alpha value is -1.62. The third-order valence-corrected chi connectivity index (χ3v) is 4.45. The van der Waals surface area contributed by atoms with Gasteiger partial charge in [0.05, 0.1) is 24.7 Å². The van der Waals surface area contributed by atoms with Gasteiger partial charge in [0.1, 0.15) is 6.10 Å². The molecule has 10 nitrogen and oxygen atoms in total. The van der Waals surface area contributed by atoms with Crippen molar-refractivity contribution in [1.29, 1.82) is 10.8 Å². The molecule has 3 heterocycles. The van der Waals surface area contributed by atoms with Gasteiger partial charge in [-0.15, -0.1) is 0 Å². The maximum Gasteiger partial charge on any atom is 0.237 e. The van der Waals surface area contributed by atoms with Crippen molar-refractivity contribution in [2.75, 3.05) is 6.61 Å². The Morgan fingerprint density at radius 1 is 1.30 bits per heavy atom. The van der Waals surface area contributed by atoms with Gasteiger partial charge < -0.3 is 41.3 Å². The minimum absolute atomic E-state index is 0.152. The number of hydrogen-bond donors (Lipinski definition) is 9. The maximum absolute atomic E-state index is 10.4. The van der Waals surface area contributed by atoms with Crippen LogP contribution < -0.4 is 16.0 Å². The highest BCUT2D eigenvalue weighted by molar-refractivity contribution is 5.87. The first-order valence-electron chi connectivity index (χ1n) is 6.28. The molecule has 3 unspecified atom stereocenters. The molecular formula is C10H18N6O4. The van der Waals surface area contributed by atoms with Crippen LogP contribution in [0.3, 0.4) is 0 Å². The first-order chi connectivity index (χ1) is 9.27. The Labute approximate surface area is 114 Å². The predicted molar refractivity (Wildman–Crippen MR) is 66.7 cm³/mol. The fraction of sp³-hybridized carbons (Fsp3) is 0.800. The summed E-state index contributed by atoms with van der Waals surface area (Å²) in [6, 6.07) is -2.26. The summed E-state index contributed by atoms with van der Waals surface area (Å²) in [6.45, 7) is 1.18. The average molecular weight is 286 g/mol. The lowest BCUT2D eigenvalue weighted by molar-refractivity contribution is -0.259. The van der Waals surface area contributed by atoms with E-state index in [2.05, 4.69) is 16.0 Å². The van der Waals surface area contributed by atoms with Gasteiger partial charge in [-0.05, 0) is 6.92 Å². The van der Waals surface area contributed by atoms with Crippen LogP contribution in [0.25, 0.3) is 0 Å². The van der Waals surface area contributed by atoms with E-state index in [0.29, 0.717) is 0 Å². The molecule has 3 rings (SSSR count). The molecule has 10 heteroatoms. The SMILES string of the molecule is CC1[C@H](O)C(O)(O)C23NC(=N)NC2[C@H](CO)NC(=N)N13. The molecule has 3 fully saturated rings. The van der Waals surface area contributed by atoms with Gasteiger partial charge in [0, 0.05) is 0 Å². The molecule has 0 aromatic heterocycles. The molecule has 5 atom stereocenters. The first kappa shape index (κ1) is 13.4. The molecule has 3 aliphatic rings.